The maximum Gasteiger partial charge on any atom is 0.254 e. The van der Waals surface area contributed by atoms with Crippen molar-refractivity contribution in [2.24, 2.45) is 11.7 Å². The lowest BCUT2D eigenvalue weighted by Gasteiger charge is -2.35. The molecule has 26 heavy (non-hydrogen) atoms. The summed E-state index contributed by atoms with van der Waals surface area (Å²) >= 11 is 0. The lowest BCUT2D eigenvalue weighted by Crippen LogP contribution is -2.48. The van der Waals surface area contributed by atoms with Crippen LogP contribution in [-0.2, 0) is 16.1 Å². The average Bonchev–Trinajstić information content (AvgIpc) is 2.57. The Morgan fingerprint density at radius 3 is 2.23 bits per heavy atom. The maximum atomic E-state index is 12.6. The zero-order valence-electron chi connectivity index (χ0n) is 15.9. The first-order valence-corrected chi connectivity index (χ1v) is 8.85. The number of benzene rings is 1. The molecule has 4 unspecified atom stereocenters. The number of nitrogens with one attached hydrogen (secondary N) is 1. The van der Waals surface area contributed by atoms with Crippen molar-refractivity contribution in [1.29, 1.82) is 0 Å². The number of morpholine rings is 1. The van der Waals surface area contributed by atoms with Gasteiger partial charge in [0.05, 0.1) is 12.2 Å². The zero-order chi connectivity index (χ0) is 18.6. The molecule has 0 aromatic heterocycles. The van der Waals surface area contributed by atoms with Gasteiger partial charge in [-0.25, -0.2) is 0 Å². The van der Waals surface area contributed by atoms with Gasteiger partial charge in [0, 0.05) is 37.2 Å². The summed E-state index contributed by atoms with van der Waals surface area (Å²) in [5.41, 5.74) is 7.34. The van der Waals surface area contributed by atoms with Crippen LogP contribution in [0, 0.1) is 5.92 Å². The van der Waals surface area contributed by atoms with Crippen LogP contribution in [0.3, 0.4) is 0 Å². The van der Waals surface area contributed by atoms with Crippen LogP contribution in [0.25, 0.3) is 0 Å². The molecule has 2 amide bonds. The van der Waals surface area contributed by atoms with Gasteiger partial charge in [0.2, 0.25) is 5.91 Å². The first-order valence-electron chi connectivity index (χ1n) is 8.85. The number of hydrogen-bond acceptors (Lipinski definition) is 4. The van der Waals surface area contributed by atoms with Crippen LogP contribution in [0.1, 0.15) is 43.6 Å². The van der Waals surface area contributed by atoms with Crippen molar-refractivity contribution < 1.29 is 14.3 Å². The largest absolute Gasteiger partial charge is 0.372 e. The predicted molar refractivity (Wildman–Crippen MR) is 104 cm³/mol. The SMILES string of the molecule is CC1CN(C(=O)c2ccc(CNC(=O)C(C)C(C)N)cc2)CC(C)O1.Cl. The highest BCUT2D eigenvalue weighted by Gasteiger charge is 2.26. The Morgan fingerprint density at radius 2 is 1.73 bits per heavy atom. The molecular formula is C19H30ClN3O3. The quantitative estimate of drug-likeness (QED) is 0.813. The van der Waals surface area contributed by atoms with Crippen molar-refractivity contribution >= 4 is 24.2 Å². The number of carbonyl (C=O) groups excluding carboxylic acids is 2. The Morgan fingerprint density at radius 1 is 1.19 bits per heavy atom. The minimum absolute atomic E-state index is 0. The number of nitrogens with zero attached hydrogens (tertiary/aromatic N) is 1. The van der Waals surface area contributed by atoms with Crippen LogP contribution >= 0.6 is 12.4 Å². The number of amides is 2. The maximum absolute atomic E-state index is 12.6. The van der Waals surface area contributed by atoms with Gasteiger partial charge in [0.1, 0.15) is 0 Å². The molecule has 1 aliphatic rings. The van der Waals surface area contributed by atoms with Gasteiger partial charge in [0.25, 0.3) is 5.91 Å². The van der Waals surface area contributed by atoms with Gasteiger partial charge >= 0.3 is 0 Å². The zero-order valence-corrected chi connectivity index (χ0v) is 16.7. The van der Waals surface area contributed by atoms with Gasteiger partial charge < -0.3 is 20.7 Å². The second kappa shape index (κ2) is 9.90. The third-order valence-corrected chi connectivity index (χ3v) is 4.58. The van der Waals surface area contributed by atoms with Crippen molar-refractivity contribution in [2.75, 3.05) is 13.1 Å². The summed E-state index contributed by atoms with van der Waals surface area (Å²) in [7, 11) is 0. The molecule has 1 fully saturated rings. The van der Waals surface area contributed by atoms with Gasteiger partial charge in [-0.1, -0.05) is 19.1 Å². The Bertz CT molecular complexity index is 597. The molecule has 146 valence electrons. The summed E-state index contributed by atoms with van der Waals surface area (Å²) in [4.78, 5) is 26.4. The minimum Gasteiger partial charge on any atom is -0.372 e. The van der Waals surface area contributed by atoms with Crippen LogP contribution in [0.15, 0.2) is 24.3 Å². The normalized spacial score (nSPS) is 22.1. The number of rotatable bonds is 5. The fourth-order valence-corrected chi connectivity index (χ4v) is 2.88. The lowest BCUT2D eigenvalue weighted by molar-refractivity contribution is -0.125. The van der Waals surface area contributed by atoms with E-state index in [0.717, 1.165) is 5.56 Å². The monoisotopic (exact) mass is 383 g/mol. The molecule has 3 N–H and O–H groups in total. The van der Waals surface area contributed by atoms with E-state index in [1.165, 1.54) is 0 Å². The summed E-state index contributed by atoms with van der Waals surface area (Å²) in [5, 5.41) is 2.87. The molecule has 1 heterocycles. The van der Waals surface area contributed by atoms with Gasteiger partial charge in [-0.2, -0.15) is 0 Å². The topological polar surface area (TPSA) is 84.7 Å². The molecule has 1 aromatic rings. The third-order valence-electron chi connectivity index (χ3n) is 4.58. The van der Waals surface area contributed by atoms with E-state index < -0.39 is 0 Å². The summed E-state index contributed by atoms with van der Waals surface area (Å²) in [6, 6.07) is 7.18. The fourth-order valence-electron chi connectivity index (χ4n) is 2.88. The number of carbonyl (C=O) groups is 2. The summed E-state index contributed by atoms with van der Waals surface area (Å²) in [6.45, 7) is 9.22. The van der Waals surface area contributed by atoms with Crippen LogP contribution in [0.2, 0.25) is 0 Å². The third kappa shape index (κ3) is 5.97. The van der Waals surface area contributed by atoms with Crippen molar-refractivity contribution in [3.8, 4) is 0 Å². The second-order valence-electron chi connectivity index (χ2n) is 7.03. The molecule has 1 saturated heterocycles. The number of nitrogens with two attached hydrogens (primary N) is 1. The Balaban J connectivity index is 0.00000338. The van der Waals surface area contributed by atoms with E-state index >= 15 is 0 Å². The average molecular weight is 384 g/mol. The molecule has 1 aromatic carbocycles. The molecule has 6 nitrogen and oxygen atoms in total. The highest BCUT2D eigenvalue weighted by atomic mass is 35.5. The molecule has 0 spiro atoms. The van der Waals surface area contributed by atoms with Crippen molar-refractivity contribution in [3.05, 3.63) is 35.4 Å². The lowest BCUT2D eigenvalue weighted by atomic mass is 10.0. The highest BCUT2D eigenvalue weighted by molar-refractivity contribution is 5.94. The number of ether oxygens (including phenoxy) is 1. The van der Waals surface area contributed by atoms with E-state index in [0.29, 0.717) is 25.2 Å². The molecule has 2 rings (SSSR count). The first kappa shape index (κ1) is 22.4. The van der Waals surface area contributed by atoms with Crippen LogP contribution in [-0.4, -0.2) is 48.1 Å². The Hall–Kier alpha value is -1.63. The first-order chi connectivity index (χ1) is 11.8. The van der Waals surface area contributed by atoms with E-state index in [-0.39, 0.29) is 48.4 Å². The summed E-state index contributed by atoms with van der Waals surface area (Å²) in [5.74, 6) is -0.277. The summed E-state index contributed by atoms with van der Waals surface area (Å²) < 4.78 is 5.67. The van der Waals surface area contributed by atoms with Crippen molar-refractivity contribution in [3.63, 3.8) is 0 Å². The standard InChI is InChI=1S/C19H29N3O3.ClH/c1-12-10-22(11-13(2)25-12)19(24)17-7-5-16(6-8-17)9-21-18(23)14(3)15(4)20;/h5-8,12-15H,9-11,20H2,1-4H3,(H,21,23);1H. The van der Waals surface area contributed by atoms with E-state index in [1.54, 1.807) is 0 Å². The van der Waals surface area contributed by atoms with Crippen LogP contribution < -0.4 is 11.1 Å². The Kier molecular flexibility index (Phi) is 8.53. The van der Waals surface area contributed by atoms with Gasteiger partial charge in [-0.15, -0.1) is 12.4 Å². The second-order valence-corrected chi connectivity index (χ2v) is 7.03. The van der Waals surface area contributed by atoms with Crippen molar-refractivity contribution in [1.82, 2.24) is 10.2 Å². The molecule has 4 atom stereocenters. The smallest absolute Gasteiger partial charge is 0.254 e. The van der Waals surface area contributed by atoms with Crippen molar-refractivity contribution in [2.45, 2.75) is 52.5 Å². The molecular weight excluding hydrogens is 354 g/mol. The molecule has 0 aliphatic carbocycles. The molecule has 7 heteroatoms. The van der Waals surface area contributed by atoms with Crippen LogP contribution in [0.5, 0.6) is 0 Å². The van der Waals surface area contributed by atoms with Crippen LogP contribution in [0.4, 0.5) is 0 Å². The highest BCUT2D eigenvalue weighted by Crippen LogP contribution is 2.15. The molecule has 0 saturated carbocycles. The number of halogens is 1. The van der Waals surface area contributed by atoms with Gasteiger partial charge in [-0.05, 0) is 38.5 Å². The van der Waals surface area contributed by atoms with E-state index in [4.69, 9.17) is 10.5 Å². The minimum atomic E-state index is -0.230. The molecule has 0 radical (unpaired) electrons. The van der Waals surface area contributed by atoms with E-state index in [2.05, 4.69) is 5.32 Å². The predicted octanol–water partition coefficient (Wildman–Crippen LogP) is 1.96. The van der Waals surface area contributed by atoms with E-state index in [9.17, 15) is 9.59 Å². The van der Waals surface area contributed by atoms with E-state index in [1.807, 2.05) is 56.9 Å². The molecule has 1 aliphatic heterocycles. The Labute approximate surface area is 161 Å². The van der Waals surface area contributed by atoms with Gasteiger partial charge in [-0.3, -0.25) is 9.59 Å². The molecule has 0 bridgehead atoms. The number of hydrogen-bond donors (Lipinski definition) is 2. The van der Waals surface area contributed by atoms with Gasteiger partial charge in [0.15, 0.2) is 0 Å². The summed E-state index contributed by atoms with van der Waals surface area (Å²) in [6.07, 6.45) is 0.100. The fraction of sp³-hybridized carbons (Fsp3) is 0.579.